The molecule has 1 unspecified atom stereocenters. The van der Waals surface area contributed by atoms with E-state index in [0.29, 0.717) is 5.92 Å². The molecule has 0 saturated carbocycles. The van der Waals surface area contributed by atoms with Crippen molar-refractivity contribution in [1.29, 1.82) is 0 Å². The van der Waals surface area contributed by atoms with Crippen LogP contribution in [0.4, 0.5) is 5.69 Å². The standard InChI is InChI=1S/C16H22N2/c17-12-11-15-5-3-13(4-6-15)1-2-14-7-9-16(18)10-8-14/h3-5,7-10,15H,1-2,6,11-12,17-18H2. The maximum absolute atomic E-state index is 5.68. The predicted octanol–water partition coefficient (Wildman–Crippen LogP) is 3.05. The van der Waals surface area contributed by atoms with Crippen LogP contribution >= 0.6 is 0 Å². The highest BCUT2D eigenvalue weighted by Gasteiger charge is 2.07. The maximum Gasteiger partial charge on any atom is 0.0314 e. The van der Waals surface area contributed by atoms with E-state index >= 15 is 0 Å². The van der Waals surface area contributed by atoms with Crippen LogP contribution < -0.4 is 11.5 Å². The van der Waals surface area contributed by atoms with Gasteiger partial charge in [0.25, 0.3) is 0 Å². The molecule has 0 heterocycles. The third-order valence-electron chi connectivity index (χ3n) is 3.48. The largest absolute Gasteiger partial charge is 0.399 e. The number of hydrogen-bond acceptors (Lipinski definition) is 2. The molecule has 2 nitrogen and oxygen atoms in total. The first-order chi connectivity index (χ1) is 8.78. The summed E-state index contributed by atoms with van der Waals surface area (Å²) in [6.07, 6.45) is 11.4. The van der Waals surface area contributed by atoms with Crippen LogP contribution in [0.15, 0.2) is 48.1 Å². The zero-order valence-corrected chi connectivity index (χ0v) is 10.8. The van der Waals surface area contributed by atoms with E-state index in [0.717, 1.165) is 37.9 Å². The second kappa shape index (κ2) is 6.41. The zero-order chi connectivity index (χ0) is 12.8. The first kappa shape index (κ1) is 12.9. The Morgan fingerprint density at radius 1 is 1.11 bits per heavy atom. The molecule has 0 aromatic heterocycles. The predicted molar refractivity (Wildman–Crippen MR) is 78.2 cm³/mol. The molecule has 1 aromatic rings. The Balaban J connectivity index is 1.81. The molecule has 96 valence electrons. The van der Waals surface area contributed by atoms with E-state index in [-0.39, 0.29) is 0 Å². The van der Waals surface area contributed by atoms with Gasteiger partial charge in [0.05, 0.1) is 0 Å². The van der Waals surface area contributed by atoms with E-state index in [1.54, 1.807) is 0 Å². The fraction of sp³-hybridized carbons (Fsp3) is 0.375. The summed E-state index contributed by atoms with van der Waals surface area (Å²) in [6.45, 7) is 0.781. The molecule has 1 aliphatic carbocycles. The first-order valence-electron chi connectivity index (χ1n) is 6.69. The molecule has 4 N–H and O–H groups in total. The number of aryl methyl sites for hydroxylation is 1. The number of nitrogen functional groups attached to an aromatic ring is 1. The fourth-order valence-corrected chi connectivity index (χ4v) is 2.30. The Bertz CT molecular complexity index is 429. The highest BCUT2D eigenvalue weighted by Crippen LogP contribution is 2.22. The Morgan fingerprint density at radius 2 is 1.89 bits per heavy atom. The lowest BCUT2D eigenvalue weighted by atomic mass is 9.91. The smallest absolute Gasteiger partial charge is 0.0314 e. The molecule has 0 fully saturated rings. The van der Waals surface area contributed by atoms with Crippen LogP contribution in [0.2, 0.25) is 0 Å². The van der Waals surface area contributed by atoms with Crippen LogP contribution in [0.1, 0.15) is 24.8 Å². The lowest BCUT2D eigenvalue weighted by Gasteiger charge is -2.15. The summed E-state index contributed by atoms with van der Waals surface area (Å²) in [4.78, 5) is 0. The molecule has 0 radical (unpaired) electrons. The van der Waals surface area contributed by atoms with Gasteiger partial charge in [-0.3, -0.25) is 0 Å². The van der Waals surface area contributed by atoms with Crippen LogP contribution in [-0.2, 0) is 6.42 Å². The van der Waals surface area contributed by atoms with Crippen LogP contribution in [-0.4, -0.2) is 6.54 Å². The first-order valence-corrected chi connectivity index (χ1v) is 6.69. The third-order valence-corrected chi connectivity index (χ3v) is 3.48. The molecule has 0 saturated heterocycles. The van der Waals surface area contributed by atoms with Crippen LogP contribution in [0.3, 0.4) is 0 Å². The lowest BCUT2D eigenvalue weighted by Crippen LogP contribution is -2.08. The number of anilines is 1. The zero-order valence-electron chi connectivity index (χ0n) is 10.8. The normalized spacial score (nSPS) is 18.7. The van der Waals surface area contributed by atoms with Crippen molar-refractivity contribution in [1.82, 2.24) is 0 Å². The van der Waals surface area contributed by atoms with E-state index in [1.807, 2.05) is 12.1 Å². The van der Waals surface area contributed by atoms with Crippen molar-refractivity contribution >= 4 is 5.69 Å². The van der Waals surface area contributed by atoms with Crippen molar-refractivity contribution in [3.8, 4) is 0 Å². The molecule has 2 heteroatoms. The van der Waals surface area contributed by atoms with Gasteiger partial charge in [-0.25, -0.2) is 0 Å². The van der Waals surface area contributed by atoms with Gasteiger partial charge >= 0.3 is 0 Å². The van der Waals surface area contributed by atoms with E-state index in [4.69, 9.17) is 11.5 Å². The van der Waals surface area contributed by atoms with Crippen molar-refractivity contribution in [3.05, 3.63) is 53.6 Å². The minimum Gasteiger partial charge on any atom is -0.399 e. The molecule has 1 aromatic carbocycles. The number of rotatable bonds is 5. The highest BCUT2D eigenvalue weighted by atomic mass is 14.5. The van der Waals surface area contributed by atoms with E-state index in [2.05, 4.69) is 30.4 Å². The monoisotopic (exact) mass is 242 g/mol. The highest BCUT2D eigenvalue weighted by molar-refractivity contribution is 5.39. The van der Waals surface area contributed by atoms with Gasteiger partial charge in [-0.1, -0.05) is 35.9 Å². The van der Waals surface area contributed by atoms with Gasteiger partial charge in [-0.05, 0) is 55.8 Å². The summed E-state index contributed by atoms with van der Waals surface area (Å²) in [7, 11) is 0. The number of benzene rings is 1. The summed E-state index contributed by atoms with van der Waals surface area (Å²) in [6, 6.07) is 8.16. The number of hydrogen-bond donors (Lipinski definition) is 2. The van der Waals surface area contributed by atoms with Crippen molar-refractivity contribution < 1.29 is 0 Å². The Kier molecular flexibility index (Phi) is 4.59. The topological polar surface area (TPSA) is 52.0 Å². The SMILES string of the molecule is NCCC1C=CC(CCc2ccc(N)cc2)=CC1. The van der Waals surface area contributed by atoms with Gasteiger partial charge < -0.3 is 11.5 Å². The lowest BCUT2D eigenvalue weighted by molar-refractivity contribution is 0.599. The molecule has 1 aliphatic rings. The van der Waals surface area contributed by atoms with Gasteiger partial charge in [-0.2, -0.15) is 0 Å². The molecule has 0 amide bonds. The maximum atomic E-state index is 5.68. The molecule has 0 aliphatic heterocycles. The van der Waals surface area contributed by atoms with E-state index in [1.165, 1.54) is 11.1 Å². The van der Waals surface area contributed by atoms with Crippen molar-refractivity contribution in [2.45, 2.75) is 25.7 Å². The van der Waals surface area contributed by atoms with Gasteiger partial charge in [0, 0.05) is 5.69 Å². The molecule has 1 atom stereocenters. The minimum absolute atomic E-state index is 0.648. The Morgan fingerprint density at radius 3 is 2.50 bits per heavy atom. The van der Waals surface area contributed by atoms with E-state index in [9.17, 15) is 0 Å². The third kappa shape index (κ3) is 3.74. The van der Waals surface area contributed by atoms with Crippen molar-refractivity contribution in [3.63, 3.8) is 0 Å². The van der Waals surface area contributed by atoms with Gasteiger partial charge in [-0.15, -0.1) is 0 Å². The summed E-state index contributed by atoms with van der Waals surface area (Å²) in [5.74, 6) is 0.648. The number of allylic oxidation sites excluding steroid dienone is 4. The Labute approximate surface area is 109 Å². The Hall–Kier alpha value is -1.54. The molecular formula is C16H22N2. The van der Waals surface area contributed by atoms with Crippen LogP contribution in [0, 0.1) is 5.92 Å². The molecular weight excluding hydrogens is 220 g/mol. The summed E-state index contributed by atoms with van der Waals surface area (Å²) in [5, 5.41) is 0. The quantitative estimate of drug-likeness (QED) is 0.780. The molecule has 0 bridgehead atoms. The minimum atomic E-state index is 0.648. The molecule has 2 rings (SSSR count). The second-order valence-corrected chi connectivity index (χ2v) is 4.95. The van der Waals surface area contributed by atoms with Crippen molar-refractivity contribution in [2.75, 3.05) is 12.3 Å². The fourth-order valence-electron chi connectivity index (χ4n) is 2.30. The van der Waals surface area contributed by atoms with Gasteiger partial charge in [0.2, 0.25) is 0 Å². The summed E-state index contributed by atoms with van der Waals surface area (Å²) in [5.41, 5.74) is 14.9. The molecule has 0 spiro atoms. The molecule has 18 heavy (non-hydrogen) atoms. The second-order valence-electron chi connectivity index (χ2n) is 4.95. The average molecular weight is 242 g/mol. The van der Waals surface area contributed by atoms with Crippen LogP contribution in [0.25, 0.3) is 0 Å². The van der Waals surface area contributed by atoms with E-state index < -0.39 is 0 Å². The van der Waals surface area contributed by atoms with Crippen LogP contribution in [0.5, 0.6) is 0 Å². The average Bonchev–Trinajstić information content (AvgIpc) is 2.40. The van der Waals surface area contributed by atoms with Crippen molar-refractivity contribution in [2.24, 2.45) is 11.7 Å². The summed E-state index contributed by atoms with van der Waals surface area (Å²) < 4.78 is 0. The summed E-state index contributed by atoms with van der Waals surface area (Å²) >= 11 is 0. The number of nitrogens with two attached hydrogens (primary N) is 2. The van der Waals surface area contributed by atoms with Gasteiger partial charge in [0.1, 0.15) is 0 Å². The van der Waals surface area contributed by atoms with Gasteiger partial charge in [0.15, 0.2) is 0 Å².